The zero-order valence-electron chi connectivity index (χ0n) is 19.6. The molecule has 0 N–H and O–H groups in total. The first kappa shape index (κ1) is 23.1. The number of hydrogen-bond donors (Lipinski definition) is 0. The van der Waals surface area contributed by atoms with Gasteiger partial charge in [0.05, 0.1) is 18.3 Å². The van der Waals surface area contributed by atoms with E-state index >= 15 is 0 Å². The molecule has 1 aromatic rings. The van der Waals surface area contributed by atoms with Crippen molar-refractivity contribution < 1.29 is 13.7 Å². The molecule has 0 bridgehead atoms. The van der Waals surface area contributed by atoms with Crippen LogP contribution in [0.25, 0.3) is 0 Å². The van der Waals surface area contributed by atoms with Crippen LogP contribution in [0.1, 0.15) is 78.4 Å². The molecule has 162 valence electrons. The van der Waals surface area contributed by atoms with Crippen LogP contribution in [0.3, 0.4) is 0 Å². The third-order valence-electron chi connectivity index (χ3n) is 7.48. The molecule has 0 amide bonds. The maximum atomic E-state index is 6.79. The molecule has 2 aliphatic rings. The normalized spacial score (nSPS) is 28.4. The van der Waals surface area contributed by atoms with E-state index < -0.39 is 8.32 Å². The molecule has 1 saturated carbocycles. The van der Waals surface area contributed by atoms with Crippen molar-refractivity contribution in [2.45, 2.75) is 109 Å². The largest absolute Gasteiger partial charge is 0.460 e. The van der Waals surface area contributed by atoms with Gasteiger partial charge in [-0.25, -0.2) is 0 Å². The lowest BCUT2D eigenvalue weighted by Gasteiger charge is -2.47. The molecule has 4 atom stereocenters. The predicted octanol–water partition coefficient (Wildman–Crippen LogP) is 7.01. The second-order valence-electron chi connectivity index (χ2n) is 10.8. The van der Waals surface area contributed by atoms with Crippen LogP contribution in [0.2, 0.25) is 23.9 Å². The van der Waals surface area contributed by atoms with Crippen LogP contribution in [0.15, 0.2) is 30.3 Å². The highest BCUT2D eigenvalue weighted by Gasteiger charge is 2.48. The smallest absolute Gasteiger partial charge is 0.412 e. The fraction of sp³-hybridized carbons (Fsp3) is 0.750. The number of rotatable bonds is 5. The molecule has 0 aromatic heterocycles. The Morgan fingerprint density at radius 2 is 1.66 bits per heavy atom. The van der Waals surface area contributed by atoms with Crippen molar-refractivity contribution in [2.75, 3.05) is 0 Å². The fourth-order valence-electron chi connectivity index (χ4n) is 4.65. The van der Waals surface area contributed by atoms with Gasteiger partial charge in [-0.3, -0.25) is 0 Å². The molecule has 2 fully saturated rings. The minimum absolute atomic E-state index is 0.0509. The Bertz CT molecular complexity index is 639. The molecule has 3 rings (SSSR count). The molecule has 0 spiro atoms. The summed E-state index contributed by atoms with van der Waals surface area (Å²) in [6.07, 6.45) is 6.53. The van der Waals surface area contributed by atoms with E-state index in [0.717, 1.165) is 0 Å². The molecule has 5 heteroatoms. The van der Waals surface area contributed by atoms with Crippen LogP contribution in [0.4, 0.5) is 0 Å². The van der Waals surface area contributed by atoms with E-state index in [1.54, 1.807) is 0 Å². The van der Waals surface area contributed by atoms with Gasteiger partial charge in [-0.1, -0.05) is 90.1 Å². The van der Waals surface area contributed by atoms with E-state index in [9.17, 15) is 0 Å². The summed E-state index contributed by atoms with van der Waals surface area (Å²) in [7, 11) is -1.98. The third kappa shape index (κ3) is 5.36. The standard InChI is InChI=1S/C24H41BO3Si/c1-18-22(19(2)28-29(6,7)24(3,4)5)26-25(21-16-12-9-13-17-21)27-23(18)20-14-10-8-11-15-20/h8,10-11,14-15,18-19,21-23H,9,12-13,16-17H2,1-7H3/t18-,19-,22-,23+/m0/s1. The molecule has 1 saturated heterocycles. The second-order valence-corrected chi connectivity index (χ2v) is 15.5. The Morgan fingerprint density at radius 1 is 1.03 bits per heavy atom. The first-order chi connectivity index (χ1) is 13.6. The minimum atomic E-state index is -1.87. The van der Waals surface area contributed by atoms with Crippen LogP contribution < -0.4 is 0 Å². The van der Waals surface area contributed by atoms with Gasteiger partial charge in [-0.05, 0) is 36.4 Å². The quantitative estimate of drug-likeness (QED) is 0.483. The highest BCUT2D eigenvalue weighted by molar-refractivity contribution is 6.74. The topological polar surface area (TPSA) is 27.7 Å². The molecule has 0 radical (unpaired) electrons. The maximum absolute atomic E-state index is 6.79. The summed E-state index contributed by atoms with van der Waals surface area (Å²) in [4.78, 5) is 0. The highest BCUT2D eigenvalue weighted by Crippen LogP contribution is 2.44. The molecule has 1 aliphatic heterocycles. The van der Waals surface area contributed by atoms with Crippen molar-refractivity contribution in [1.29, 1.82) is 0 Å². The molecule has 29 heavy (non-hydrogen) atoms. The maximum Gasteiger partial charge on any atom is 0.460 e. The van der Waals surface area contributed by atoms with Gasteiger partial charge >= 0.3 is 7.12 Å². The van der Waals surface area contributed by atoms with Crippen LogP contribution in [0, 0.1) is 5.92 Å². The van der Waals surface area contributed by atoms with Gasteiger partial charge in [0, 0.05) is 5.92 Å². The van der Waals surface area contributed by atoms with Crippen LogP contribution >= 0.6 is 0 Å². The van der Waals surface area contributed by atoms with Crippen LogP contribution in [-0.2, 0) is 13.7 Å². The summed E-state index contributed by atoms with van der Waals surface area (Å²) in [6, 6.07) is 10.7. The molecule has 3 nitrogen and oxygen atoms in total. The van der Waals surface area contributed by atoms with Gasteiger partial charge in [-0.15, -0.1) is 0 Å². The minimum Gasteiger partial charge on any atom is -0.412 e. The Labute approximate surface area is 180 Å². The third-order valence-corrected chi connectivity index (χ3v) is 12.1. The Hall–Kier alpha value is -0.618. The van der Waals surface area contributed by atoms with E-state index in [-0.39, 0.29) is 36.4 Å². The lowest BCUT2D eigenvalue weighted by Crippen LogP contribution is -2.54. The van der Waals surface area contributed by atoms with Gasteiger partial charge in [-0.2, -0.15) is 0 Å². The van der Waals surface area contributed by atoms with Crippen molar-refractivity contribution in [3.63, 3.8) is 0 Å². The first-order valence-corrected chi connectivity index (χ1v) is 14.5. The monoisotopic (exact) mass is 416 g/mol. The summed E-state index contributed by atoms with van der Waals surface area (Å²) in [5.74, 6) is 0.752. The van der Waals surface area contributed by atoms with Gasteiger partial charge in [0.15, 0.2) is 8.32 Å². The predicted molar refractivity (Wildman–Crippen MR) is 125 cm³/mol. The second kappa shape index (κ2) is 9.25. The average Bonchev–Trinajstić information content (AvgIpc) is 2.68. The summed E-state index contributed by atoms with van der Waals surface area (Å²) >= 11 is 0. The van der Waals surface area contributed by atoms with E-state index in [4.69, 9.17) is 13.7 Å². The van der Waals surface area contributed by atoms with Crippen molar-refractivity contribution in [2.24, 2.45) is 5.92 Å². The lowest BCUT2D eigenvalue weighted by molar-refractivity contribution is -0.0824. The lowest BCUT2D eigenvalue weighted by atomic mass is 9.62. The molecule has 1 heterocycles. The fourth-order valence-corrected chi connectivity index (χ4v) is 6.07. The Kier molecular flexibility index (Phi) is 7.36. The summed E-state index contributed by atoms with van der Waals surface area (Å²) in [6.45, 7) is 16.1. The van der Waals surface area contributed by atoms with Crippen LogP contribution in [-0.4, -0.2) is 27.6 Å². The molecular weight excluding hydrogens is 375 g/mol. The molecule has 1 aromatic carbocycles. The Morgan fingerprint density at radius 3 is 2.24 bits per heavy atom. The average molecular weight is 416 g/mol. The van der Waals surface area contributed by atoms with E-state index in [1.807, 2.05) is 0 Å². The van der Waals surface area contributed by atoms with Crippen molar-refractivity contribution in [3.05, 3.63) is 35.9 Å². The summed E-state index contributed by atoms with van der Waals surface area (Å²) in [5, 5.41) is 0.192. The van der Waals surface area contributed by atoms with E-state index in [0.29, 0.717) is 5.82 Å². The summed E-state index contributed by atoms with van der Waals surface area (Å²) in [5.41, 5.74) is 1.26. The van der Waals surface area contributed by atoms with Crippen LogP contribution in [0.5, 0.6) is 0 Å². The number of hydrogen-bond acceptors (Lipinski definition) is 3. The zero-order valence-corrected chi connectivity index (χ0v) is 20.6. The first-order valence-electron chi connectivity index (χ1n) is 11.6. The van der Waals surface area contributed by atoms with Crippen molar-refractivity contribution in [3.8, 4) is 0 Å². The van der Waals surface area contributed by atoms with E-state index in [2.05, 4.69) is 78.0 Å². The number of benzene rings is 1. The van der Waals surface area contributed by atoms with Crippen molar-refractivity contribution in [1.82, 2.24) is 0 Å². The van der Waals surface area contributed by atoms with E-state index in [1.165, 1.54) is 37.7 Å². The Balaban J connectivity index is 1.83. The van der Waals surface area contributed by atoms with Gasteiger partial charge in [0.1, 0.15) is 0 Å². The summed E-state index contributed by atoms with van der Waals surface area (Å²) < 4.78 is 20.1. The van der Waals surface area contributed by atoms with Crippen molar-refractivity contribution >= 4 is 15.4 Å². The molecule has 1 aliphatic carbocycles. The SMILES string of the molecule is C[C@H]1[C@@H]([C@H](C)O[Si](C)(C)C(C)(C)C)OB(C2CCCCC2)O[C@H]1c1ccccc1. The van der Waals surface area contributed by atoms with Gasteiger partial charge in [0.25, 0.3) is 0 Å². The molecular formula is C24H41BO3Si. The van der Waals surface area contributed by atoms with Gasteiger partial charge < -0.3 is 13.7 Å². The zero-order chi connectivity index (χ0) is 21.2. The highest BCUT2D eigenvalue weighted by atomic mass is 28.4. The molecule has 0 unspecified atom stereocenters. The van der Waals surface area contributed by atoms with Gasteiger partial charge in [0.2, 0.25) is 0 Å².